The molecule has 1 N–H and O–H groups in total. The van der Waals surface area contributed by atoms with Gasteiger partial charge in [-0.05, 0) is 24.1 Å². The van der Waals surface area contributed by atoms with Gasteiger partial charge in [-0.2, -0.15) is 0 Å². The standard InChI is InChI=1S/C16H16N4O2/c1-16(15(22)20(2)9-14(21)19-16)13-5-3-4-11(6-13)12-7-17-10-18-8-12/h3-8,10H,9H2,1-2H3,(H,19,21). The lowest BCUT2D eigenvalue weighted by Crippen LogP contribution is -2.62. The average Bonchev–Trinajstić information content (AvgIpc) is 2.53. The molecule has 1 atom stereocenters. The number of hydrogen-bond donors (Lipinski definition) is 1. The van der Waals surface area contributed by atoms with Gasteiger partial charge in [-0.25, -0.2) is 9.97 Å². The summed E-state index contributed by atoms with van der Waals surface area (Å²) in [5, 5.41) is 2.81. The normalized spacial score (nSPS) is 21.6. The van der Waals surface area contributed by atoms with Crippen molar-refractivity contribution in [2.75, 3.05) is 13.6 Å². The van der Waals surface area contributed by atoms with Crippen molar-refractivity contribution < 1.29 is 9.59 Å². The Kier molecular flexibility index (Phi) is 3.36. The third-order valence-corrected chi connectivity index (χ3v) is 3.88. The zero-order chi connectivity index (χ0) is 15.7. The molecule has 1 aromatic carbocycles. The zero-order valence-corrected chi connectivity index (χ0v) is 12.4. The van der Waals surface area contributed by atoms with Crippen LogP contribution in [-0.2, 0) is 15.1 Å². The van der Waals surface area contributed by atoms with Gasteiger partial charge in [0.15, 0.2) is 0 Å². The van der Waals surface area contributed by atoms with Gasteiger partial charge in [0.05, 0.1) is 6.54 Å². The fourth-order valence-electron chi connectivity index (χ4n) is 2.69. The first-order valence-electron chi connectivity index (χ1n) is 6.93. The number of benzene rings is 1. The summed E-state index contributed by atoms with van der Waals surface area (Å²) in [6.45, 7) is 1.81. The zero-order valence-electron chi connectivity index (χ0n) is 12.4. The Morgan fingerprint density at radius 1 is 1.18 bits per heavy atom. The van der Waals surface area contributed by atoms with Gasteiger partial charge in [-0.15, -0.1) is 0 Å². The van der Waals surface area contributed by atoms with E-state index in [9.17, 15) is 9.59 Å². The van der Waals surface area contributed by atoms with Crippen molar-refractivity contribution in [1.82, 2.24) is 20.2 Å². The number of aromatic nitrogens is 2. The van der Waals surface area contributed by atoms with E-state index in [1.807, 2.05) is 24.3 Å². The molecular weight excluding hydrogens is 280 g/mol. The molecule has 1 saturated heterocycles. The van der Waals surface area contributed by atoms with Crippen molar-refractivity contribution in [1.29, 1.82) is 0 Å². The molecule has 6 nitrogen and oxygen atoms in total. The van der Waals surface area contributed by atoms with E-state index in [-0.39, 0.29) is 18.4 Å². The predicted octanol–water partition coefficient (Wildman–Crippen LogP) is 0.947. The first-order valence-corrected chi connectivity index (χ1v) is 6.93. The van der Waals surface area contributed by atoms with Gasteiger partial charge >= 0.3 is 0 Å². The van der Waals surface area contributed by atoms with Crippen molar-refractivity contribution in [3.8, 4) is 11.1 Å². The Balaban J connectivity index is 2.05. The molecule has 0 bridgehead atoms. The quantitative estimate of drug-likeness (QED) is 0.895. The number of amides is 2. The largest absolute Gasteiger partial charge is 0.337 e. The topological polar surface area (TPSA) is 75.2 Å². The second-order valence-corrected chi connectivity index (χ2v) is 5.54. The number of nitrogens with one attached hydrogen (secondary N) is 1. The van der Waals surface area contributed by atoms with Crippen LogP contribution in [0.1, 0.15) is 12.5 Å². The van der Waals surface area contributed by atoms with E-state index in [0.29, 0.717) is 0 Å². The Morgan fingerprint density at radius 3 is 2.64 bits per heavy atom. The Morgan fingerprint density at radius 2 is 1.91 bits per heavy atom. The van der Waals surface area contributed by atoms with E-state index >= 15 is 0 Å². The van der Waals surface area contributed by atoms with Crippen LogP contribution in [0.5, 0.6) is 0 Å². The molecule has 1 fully saturated rings. The number of rotatable bonds is 2. The molecular formula is C16H16N4O2. The maximum atomic E-state index is 12.5. The lowest BCUT2D eigenvalue weighted by atomic mass is 9.87. The van der Waals surface area contributed by atoms with Crippen molar-refractivity contribution in [2.45, 2.75) is 12.5 Å². The number of piperazine rings is 1. The van der Waals surface area contributed by atoms with Gasteiger partial charge in [-0.3, -0.25) is 9.59 Å². The summed E-state index contributed by atoms with van der Waals surface area (Å²) in [6.07, 6.45) is 4.89. The van der Waals surface area contributed by atoms with Crippen molar-refractivity contribution in [3.05, 3.63) is 48.5 Å². The molecule has 2 aromatic rings. The summed E-state index contributed by atoms with van der Waals surface area (Å²) in [5.41, 5.74) is 1.43. The molecule has 0 aliphatic carbocycles. The maximum Gasteiger partial charge on any atom is 0.252 e. The first kappa shape index (κ1) is 14.2. The molecule has 1 aliphatic heterocycles. The smallest absolute Gasteiger partial charge is 0.252 e. The lowest BCUT2D eigenvalue weighted by molar-refractivity contribution is -0.148. The Labute approximate surface area is 128 Å². The van der Waals surface area contributed by atoms with Gasteiger partial charge in [0.1, 0.15) is 11.9 Å². The lowest BCUT2D eigenvalue weighted by Gasteiger charge is -2.38. The second kappa shape index (κ2) is 5.22. The van der Waals surface area contributed by atoms with Gasteiger partial charge in [0.25, 0.3) is 5.91 Å². The molecule has 0 spiro atoms. The molecule has 3 rings (SSSR count). The van der Waals surface area contributed by atoms with Gasteiger partial charge in [0, 0.05) is 25.0 Å². The van der Waals surface area contributed by atoms with Crippen LogP contribution in [0.2, 0.25) is 0 Å². The van der Waals surface area contributed by atoms with Crippen LogP contribution in [-0.4, -0.2) is 40.3 Å². The molecule has 1 unspecified atom stereocenters. The van der Waals surface area contributed by atoms with Crippen LogP contribution < -0.4 is 5.32 Å². The molecule has 22 heavy (non-hydrogen) atoms. The molecule has 2 amide bonds. The number of likely N-dealkylation sites (N-methyl/N-ethyl adjacent to an activating group) is 1. The summed E-state index contributed by atoms with van der Waals surface area (Å²) >= 11 is 0. The summed E-state index contributed by atoms with van der Waals surface area (Å²) in [5.74, 6) is -0.299. The van der Waals surface area contributed by atoms with E-state index < -0.39 is 5.54 Å². The van der Waals surface area contributed by atoms with Gasteiger partial charge < -0.3 is 10.2 Å². The Hall–Kier alpha value is -2.76. The van der Waals surface area contributed by atoms with E-state index in [2.05, 4.69) is 15.3 Å². The highest BCUT2D eigenvalue weighted by atomic mass is 16.2. The van der Waals surface area contributed by atoms with Crippen LogP contribution in [0.25, 0.3) is 11.1 Å². The third kappa shape index (κ3) is 2.32. The third-order valence-electron chi connectivity index (χ3n) is 3.88. The van der Waals surface area contributed by atoms with Crippen LogP contribution in [0.4, 0.5) is 0 Å². The monoisotopic (exact) mass is 296 g/mol. The summed E-state index contributed by atoms with van der Waals surface area (Å²) < 4.78 is 0. The second-order valence-electron chi connectivity index (χ2n) is 5.54. The van der Waals surface area contributed by atoms with E-state index in [1.165, 1.54) is 11.2 Å². The number of nitrogens with zero attached hydrogens (tertiary/aromatic N) is 3. The molecule has 1 aliphatic rings. The van der Waals surface area contributed by atoms with E-state index in [4.69, 9.17) is 0 Å². The molecule has 1 aromatic heterocycles. The summed E-state index contributed by atoms with van der Waals surface area (Å²) in [4.78, 5) is 33.8. The first-order chi connectivity index (χ1) is 10.5. The van der Waals surface area contributed by atoms with Crippen LogP contribution in [0, 0.1) is 0 Å². The number of hydrogen-bond acceptors (Lipinski definition) is 4. The minimum atomic E-state index is -1.06. The summed E-state index contributed by atoms with van der Waals surface area (Å²) in [7, 11) is 1.63. The van der Waals surface area contributed by atoms with Crippen LogP contribution >= 0.6 is 0 Å². The van der Waals surface area contributed by atoms with Gasteiger partial charge in [-0.1, -0.05) is 18.2 Å². The van der Waals surface area contributed by atoms with Gasteiger partial charge in [0.2, 0.25) is 5.91 Å². The van der Waals surface area contributed by atoms with Crippen molar-refractivity contribution in [2.24, 2.45) is 0 Å². The SMILES string of the molecule is CN1CC(=O)NC(C)(c2cccc(-c3cncnc3)c2)C1=O. The average molecular weight is 296 g/mol. The molecule has 0 radical (unpaired) electrons. The minimum Gasteiger partial charge on any atom is -0.337 e. The van der Waals surface area contributed by atoms with Crippen molar-refractivity contribution in [3.63, 3.8) is 0 Å². The van der Waals surface area contributed by atoms with E-state index in [0.717, 1.165) is 16.7 Å². The molecule has 0 saturated carbocycles. The summed E-state index contributed by atoms with van der Waals surface area (Å²) in [6, 6.07) is 7.50. The number of carbonyl (C=O) groups is 2. The fraction of sp³-hybridized carbons (Fsp3) is 0.250. The highest BCUT2D eigenvalue weighted by molar-refractivity contribution is 5.98. The highest BCUT2D eigenvalue weighted by Crippen LogP contribution is 2.29. The fourth-order valence-corrected chi connectivity index (χ4v) is 2.69. The predicted molar refractivity (Wildman–Crippen MR) is 80.6 cm³/mol. The van der Waals surface area contributed by atoms with Crippen molar-refractivity contribution >= 4 is 11.8 Å². The van der Waals surface area contributed by atoms with Crippen LogP contribution in [0.15, 0.2) is 43.0 Å². The molecule has 2 heterocycles. The highest BCUT2D eigenvalue weighted by Gasteiger charge is 2.43. The van der Waals surface area contributed by atoms with Crippen LogP contribution in [0.3, 0.4) is 0 Å². The maximum absolute atomic E-state index is 12.5. The molecule has 6 heteroatoms. The molecule has 112 valence electrons. The number of carbonyl (C=O) groups excluding carboxylic acids is 2. The van der Waals surface area contributed by atoms with E-state index in [1.54, 1.807) is 26.4 Å². The minimum absolute atomic E-state index is 0.0840. The Bertz CT molecular complexity index is 732.